The number of hydrogen-bond donors (Lipinski definition) is 2. The Hall–Kier alpha value is -2.47. The summed E-state index contributed by atoms with van der Waals surface area (Å²) < 4.78 is 19.4. The molecule has 1 aromatic heterocycles. The largest absolute Gasteiger partial charge is 0.497 e. The first-order chi connectivity index (χ1) is 10.6. The van der Waals surface area contributed by atoms with E-state index in [0.29, 0.717) is 23.4 Å². The zero-order valence-corrected chi connectivity index (χ0v) is 12.1. The zero-order valence-electron chi connectivity index (χ0n) is 12.1. The van der Waals surface area contributed by atoms with Crippen LogP contribution in [0.15, 0.2) is 24.3 Å². The molecule has 1 amide bonds. The van der Waals surface area contributed by atoms with Gasteiger partial charge in [0.1, 0.15) is 17.3 Å². The van der Waals surface area contributed by atoms with E-state index >= 15 is 0 Å². The highest BCUT2D eigenvalue weighted by Crippen LogP contribution is 2.32. The van der Waals surface area contributed by atoms with E-state index in [-0.39, 0.29) is 5.69 Å². The first-order valence-corrected chi connectivity index (χ1v) is 6.97. The molecule has 0 saturated carbocycles. The lowest BCUT2D eigenvalue weighted by Gasteiger charge is -2.21. The van der Waals surface area contributed by atoms with Crippen LogP contribution >= 0.6 is 0 Å². The first kappa shape index (κ1) is 14.5. The average Bonchev–Trinajstić information content (AvgIpc) is 2.53. The highest BCUT2D eigenvalue weighted by atomic mass is 19.1. The molecule has 3 rings (SSSR count). The summed E-state index contributed by atoms with van der Waals surface area (Å²) in [5.74, 6) is -0.578. The Balaban J connectivity index is 2.20. The van der Waals surface area contributed by atoms with E-state index in [2.05, 4.69) is 10.3 Å². The van der Waals surface area contributed by atoms with Gasteiger partial charge >= 0.3 is 0 Å². The van der Waals surface area contributed by atoms with Crippen molar-refractivity contribution in [1.29, 1.82) is 0 Å². The summed E-state index contributed by atoms with van der Waals surface area (Å²) in [4.78, 5) is 15.8. The molecule has 114 valence electrons. The van der Waals surface area contributed by atoms with Crippen LogP contribution in [0.5, 0.6) is 5.75 Å². The third kappa shape index (κ3) is 2.53. The van der Waals surface area contributed by atoms with Crippen molar-refractivity contribution in [2.45, 2.75) is 13.0 Å². The Labute approximate surface area is 127 Å². The summed E-state index contributed by atoms with van der Waals surface area (Å²) in [6, 6.07) is 6.23. The van der Waals surface area contributed by atoms with E-state index in [1.165, 1.54) is 13.2 Å². The minimum absolute atomic E-state index is 0.146. The van der Waals surface area contributed by atoms with Crippen molar-refractivity contribution in [2.75, 3.05) is 13.7 Å². The van der Waals surface area contributed by atoms with Crippen LogP contribution in [0.4, 0.5) is 4.39 Å². The van der Waals surface area contributed by atoms with Gasteiger partial charge in [-0.2, -0.15) is 0 Å². The molecule has 0 aliphatic carbocycles. The summed E-state index contributed by atoms with van der Waals surface area (Å²) in [6.45, 7) is 1.33. The Morgan fingerprint density at radius 3 is 2.86 bits per heavy atom. The van der Waals surface area contributed by atoms with Gasteiger partial charge in [0.2, 0.25) is 0 Å². The molecule has 2 aromatic rings. The van der Waals surface area contributed by atoms with Gasteiger partial charge in [0.15, 0.2) is 0 Å². The van der Waals surface area contributed by atoms with Crippen LogP contribution in [0.2, 0.25) is 0 Å². The molecular weight excluding hydrogens is 285 g/mol. The van der Waals surface area contributed by atoms with Gasteiger partial charge in [-0.3, -0.25) is 4.79 Å². The lowest BCUT2D eigenvalue weighted by Crippen LogP contribution is -2.27. The molecule has 3 N–H and O–H groups in total. The zero-order chi connectivity index (χ0) is 15.7. The predicted molar refractivity (Wildman–Crippen MR) is 80.1 cm³/mol. The van der Waals surface area contributed by atoms with E-state index in [0.717, 1.165) is 24.2 Å². The topological polar surface area (TPSA) is 77.2 Å². The fourth-order valence-corrected chi connectivity index (χ4v) is 2.68. The lowest BCUT2D eigenvalue weighted by atomic mass is 9.93. The van der Waals surface area contributed by atoms with Crippen molar-refractivity contribution in [3.05, 3.63) is 47.0 Å². The van der Waals surface area contributed by atoms with Crippen molar-refractivity contribution >= 4 is 5.91 Å². The number of carbonyl (C=O) groups excluding carboxylic acids is 1. The van der Waals surface area contributed by atoms with Gasteiger partial charge in [-0.25, -0.2) is 9.37 Å². The number of ether oxygens (including phenoxy) is 1. The highest BCUT2D eigenvalue weighted by molar-refractivity contribution is 5.92. The fraction of sp³-hybridized carbons (Fsp3) is 0.250. The standard InChI is InChI=1S/C16H16FN3O2/c1-22-9-2-3-10(13(17)6-9)12-7-14(16(18)21)20-15-8-19-5-4-11(12)15/h2-3,6-7,19H,4-5,8H2,1H3,(H2,18,21). The minimum atomic E-state index is -0.622. The summed E-state index contributed by atoms with van der Waals surface area (Å²) >= 11 is 0. The molecule has 22 heavy (non-hydrogen) atoms. The average molecular weight is 301 g/mol. The number of benzene rings is 1. The van der Waals surface area contributed by atoms with Crippen LogP contribution in [0.3, 0.4) is 0 Å². The third-order valence-electron chi connectivity index (χ3n) is 3.77. The maximum absolute atomic E-state index is 14.4. The van der Waals surface area contributed by atoms with E-state index in [1.54, 1.807) is 18.2 Å². The SMILES string of the molecule is COc1ccc(-c2cc(C(N)=O)nc3c2CCNC3)c(F)c1. The number of aromatic nitrogens is 1. The van der Waals surface area contributed by atoms with Crippen molar-refractivity contribution in [2.24, 2.45) is 5.73 Å². The van der Waals surface area contributed by atoms with Crippen molar-refractivity contribution < 1.29 is 13.9 Å². The molecule has 0 fully saturated rings. The van der Waals surface area contributed by atoms with Gasteiger partial charge in [0, 0.05) is 18.2 Å². The second kappa shape index (κ2) is 5.73. The maximum Gasteiger partial charge on any atom is 0.267 e. The van der Waals surface area contributed by atoms with Crippen LogP contribution in [0.25, 0.3) is 11.1 Å². The van der Waals surface area contributed by atoms with E-state index in [9.17, 15) is 9.18 Å². The highest BCUT2D eigenvalue weighted by Gasteiger charge is 2.20. The van der Waals surface area contributed by atoms with Gasteiger partial charge in [0.25, 0.3) is 5.91 Å². The van der Waals surface area contributed by atoms with Crippen LogP contribution < -0.4 is 15.8 Å². The molecule has 1 aromatic carbocycles. The van der Waals surface area contributed by atoms with Crippen LogP contribution in [0.1, 0.15) is 21.7 Å². The fourth-order valence-electron chi connectivity index (χ4n) is 2.68. The number of hydrogen-bond acceptors (Lipinski definition) is 4. The number of rotatable bonds is 3. The molecule has 2 heterocycles. The summed E-state index contributed by atoms with van der Waals surface area (Å²) in [7, 11) is 1.49. The molecule has 0 bridgehead atoms. The number of methoxy groups -OCH3 is 1. The molecule has 6 heteroatoms. The monoisotopic (exact) mass is 301 g/mol. The summed E-state index contributed by atoms with van der Waals surface area (Å²) in [5.41, 5.74) is 8.27. The van der Waals surface area contributed by atoms with Crippen molar-refractivity contribution in [3.8, 4) is 16.9 Å². The van der Waals surface area contributed by atoms with Gasteiger partial charge in [0.05, 0.1) is 12.8 Å². The Kier molecular flexibility index (Phi) is 3.77. The molecule has 1 aliphatic heterocycles. The van der Waals surface area contributed by atoms with E-state index < -0.39 is 11.7 Å². The number of primary amides is 1. The Morgan fingerprint density at radius 2 is 2.18 bits per heavy atom. The van der Waals surface area contributed by atoms with Crippen molar-refractivity contribution in [3.63, 3.8) is 0 Å². The number of nitrogens with zero attached hydrogens (tertiary/aromatic N) is 1. The maximum atomic E-state index is 14.4. The van der Waals surface area contributed by atoms with E-state index in [4.69, 9.17) is 10.5 Å². The number of nitrogens with two attached hydrogens (primary N) is 1. The number of amides is 1. The molecular formula is C16H16FN3O2. The number of nitrogens with one attached hydrogen (secondary N) is 1. The predicted octanol–water partition coefficient (Wildman–Crippen LogP) is 1.64. The minimum Gasteiger partial charge on any atom is -0.497 e. The smallest absolute Gasteiger partial charge is 0.267 e. The number of fused-ring (bicyclic) bond motifs is 1. The Morgan fingerprint density at radius 1 is 1.36 bits per heavy atom. The summed E-state index contributed by atoms with van der Waals surface area (Å²) in [5, 5.41) is 3.19. The second-order valence-corrected chi connectivity index (χ2v) is 5.12. The van der Waals surface area contributed by atoms with Gasteiger partial charge < -0.3 is 15.8 Å². The first-order valence-electron chi connectivity index (χ1n) is 6.97. The van der Waals surface area contributed by atoms with Crippen LogP contribution in [0, 0.1) is 5.82 Å². The summed E-state index contributed by atoms with van der Waals surface area (Å²) in [6.07, 6.45) is 0.724. The molecule has 0 atom stereocenters. The van der Waals surface area contributed by atoms with Crippen LogP contribution in [-0.4, -0.2) is 24.5 Å². The van der Waals surface area contributed by atoms with Gasteiger partial charge in [-0.15, -0.1) is 0 Å². The number of carbonyl (C=O) groups is 1. The molecule has 0 saturated heterocycles. The van der Waals surface area contributed by atoms with Crippen LogP contribution in [-0.2, 0) is 13.0 Å². The second-order valence-electron chi connectivity index (χ2n) is 5.12. The van der Waals surface area contributed by atoms with Crippen molar-refractivity contribution in [1.82, 2.24) is 10.3 Å². The quantitative estimate of drug-likeness (QED) is 0.903. The molecule has 1 aliphatic rings. The third-order valence-corrected chi connectivity index (χ3v) is 3.77. The van der Waals surface area contributed by atoms with E-state index in [1.807, 2.05) is 0 Å². The number of halogens is 1. The van der Waals surface area contributed by atoms with Gasteiger partial charge in [-0.1, -0.05) is 0 Å². The number of pyridine rings is 1. The molecule has 5 nitrogen and oxygen atoms in total. The molecule has 0 radical (unpaired) electrons. The molecule has 0 spiro atoms. The normalized spacial score (nSPS) is 13.5. The lowest BCUT2D eigenvalue weighted by molar-refractivity contribution is 0.0995. The Bertz CT molecular complexity index is 746. The molecule has 0 unspecified atom stereocenters. The van der Waals surface area contributed by atoms with Gasteiger partial charge in [-0.05, 0) is 42.3 Å².